The van der Waals surface area contributed by atoms with Gasteiger partial charge < -0.3 is 21.1 Å². The molecule has 0 bridgehead atoms. The molecule has 0 unspecified atom stereocenters. The third-order valence-electron chi connectivity index (χ3n) is 3.21. The minimum absolute atomic E-state index is 0.0374. The Morgan fingerprint density at radius 1 is 1.19 bits per heavy atom. The molecule has 0 radical (unpaired) electrons. The lowest BCUT2D eigenvalue weighted by molar-refractivity contribution is -0.141. The number of primary amides is 1. The summed E-state index contributed by atoms with van der Waals surface area (Å²) in [6, 6.07) is -1.72. The molecule has 122 valence electrons. The first-order chi connectivity index (χ1) is 9.72. The smallest absolute Gasteiger partial charge is 0.326 e. The highest BCUT2D eigenvalue weighted by Crippen LogP contribution is 2.12. The average Bonchev–Trinajstić information content (AvgIpc) is 2.36. The molecule has 21 heavy (non-hydrogen) atoms. The van der Waals surface area contributed by atoms with Crippen LogP contribution in [0.15, 0.2) is 0 Å². The van der Waals surface area contributed by atoms with E-state index in [4.69, 9.17) is 10.8 Å². The molecule has 3 amide bonds. The monoisotopic (exact) mass is 301 g/mol. The average molecular weight is 301 g/mol. The van der Waals surface area contributed by atoms with Crippen LogP contribution in [0, 0.1) is 5.92 Å². The molecule has 0 aliphatic carbocycles. The SMILES string of the molecule is CCC(CC)N(CC(C)C)C(=O)N[C@@H](CC(N)=O)C(=O)O. The Balaban J connectivity index is 5.00. The van der Waals surface area contributed by atoms with Gasteiger partial charge in [0.2, 0.25) is 5.91 Å². The van der Waals surface area contributed by atoms with Gasteiger partial charge in [-0.15, -0.1) is 0 Å². The minimum Gasteiger partial charge on any atom is -0.480 e. The summed E-state index contributed by atoms with van der Waals surface area (Å²) in [6.07, 6.45) is 1.15. The molecule has 0 saturated carbocycles. The van der Waals surface area contributed by atoms with E-state index in [1.165, 1.54) is 0 Å². The van der Waals surface area contributed by atoms with Crippen molar-refractivity contribution in [1.29, 1.82) is 0 Å². The minimum atomic E-state index is -1.29. The number of rotatable bonds is 9. The van der Waals surface area contributed by atoms with Gasteiger partial charge in [0.1, 0.15) is 6.04 Å². The van der Waals surface area contributed by atoms with E-state index in [9.17, 15) is 14.4 Å². The van der Waals surface area contributed by atoms with E-state index < -0.39 is 30.4 Å². The number of nitrogens with two attached hydrogens (primary N) is 1. The third-order valence-corrected chi connectivity index (χ3v) is 3.21. The van der Waals surface area contributed by atoms with Crippen molar-refractivity contribution >= 4 is 17.9 Å². The first-order valence-electron chi connectivity index (χ1n) is 7.31. The fourth-order valence-corrected chi connectivity index (χ4v) is 2.15. The number of urea groups is 1. The Hall–Kier alpha value is -1.79. The van der Waals surface area contributed by atoms with Crippen molar-refractivity contribution in [3.8, 4) is 0 Å². The summed E-state index contributed by atoms with van der Waals surface area (Å²) in [6.45, 7) is 8.46. The summed E-state index contributed by atoms with van der Waals surface area (Å²) in [5.74, 6) is -1.77. The maximum absolute atomic E-state index is 12.3. The number of hydrogen-bond donors (Lipinski definition) is 3. The van der Waals surface area contributed by atoms with E-state index in [-0.39, 0.29) is 12.0 Å². The molecule has 0 saturated heterocycles. The van der Waals surface area contributed by atoms with Crippen LogP contribution in [0.25, 0.3) is 0 Å². The topological polar surface area (TPSA) is 113 Å². The number of carbonyl (C=O) groups excluding carboxylic acids is 2. The number of carboxylic acids is 1. The molecule has 1 atom stereocenters. The van der Waals surface area contributed by atoms with Crippen LogP contribution in [0.1, 0.15) is 47.0 Å². The molecule has 0 spiro atoms. The highest BCUT2D eigenvalue weighted by Gasteiger charge is 2.27. The van der Waals surface area contributed by atoms with E-state index in [2.05, 4.69) is 5.32 Å². The molecule has 0 aliphatic heterocycles. The lowest BCUT2D eigenvalue weighted by Gasteiger charge is -2.33. The number of hydrogen-bond acceptors (Lipinski definition) is 3. The van der Waals surface area contributed by atoms with E-state index >= 15 is 0 Å². The number of aliphatic carboxylic acids is 1. The normalized spacial score (nSPS) is 12.3. The molecule has 0 aliphatic rings. The Bertz CT molecular complexity index is 367. The number of amides is 3. The number of carboxylic acid groups (broad SMARTS) is 1. The third kappa shape index (κ3) is 6.97. The van der Waals surface area contributed by atoms with Crippen LogP contribution in [0.3, 0.4) is 0 Å². The van der Waals surface area contributed by atoms with Crippen LogP contribution in [-0.2, 0) is 9.59 Å². The summed E-state index contributed by atoms with van der Waals surface area (Å²) < 4.78 is 0. The van der Waals surface area contributed by atoms with Gasteiger partial charge in [-0.1, -0.05) is 27.7 Å². The van der Waals surface area contributed by atoms with Crippen molar-refractivity contribution in [2.45, 2.75) is 59.0 Å². The van der Waals surface area contributed by atoms with Crippen LogP contribution in [0.5, 0.6) is 0 Å². The highest BCUT2D eigenvalue weighted by atomic mass is 16.4. The van der Waals surface area contributed by atoms with Crippen LogP contribution in [0.4, 0.5) is 4.79 Å². The van der Waals surface area contributed by atoms with Crippen LogP contribution < -0.4 is 11.1 Å². The maximum Gasteiger partial charge on any atom is 0.326 e. The zero-order chi connectivity index (χ0) is 16.6. The summed E-state index contributed by atoms with van der Waals surface area (Å²) >= 11 is 0. The highest BCUT2D eigenvalue weighted by molar-refractivity contribution is 5.87. The zero-order valence-electron chi connectivity index (χ0n) is 13.3. The lowest BCUT2D eigenvalue weighted by Crippen LogP contribution is -2.53. The van der Waals surface area contributed by atoms with Crippen molar-refractivity contribution in [3.63, 3.8) is 0 Å². The van der Waals surface area contributed by atoms with Crippen LogP contribution in [-0.4, -0.2) is 46.5 Å². The molecule has 0 fully saturated rings. The molecule has 0 rings (SSSR count). The van der Waals surface area contributed by atoms with Gasteiger partial charge >= 0.3 is 12.0 Å². The van der Waals surface area contributed by atoms with E-state index in [1.807, 2.05) is 27.7 Å². The number of nitrogens with zero attached hydrogens (tertiary/aromatic N) is 1. The zero-order valence-corrected chi connectivity index (χ0v) is 13.3. The van der Waals surface area contributed by atoms with Gasteiger partial charge in [-0.25, -0.2) is 9.59 Å². The van der Waals surface area contributed by atoms with Crippen molar-refractivity contribution in [3.05, 3.63) is 0 Å². The predicted octanol–water partition coefficient (Wildman–Crippen LogP) is 1.17. The Morgan fingerprint density at radius 2 is 1.71 bits per heavy atom. The summed E-state index contributed by atoms with van der Waals surface area (Å²) in [7, 11) is 0. The Kier molecular flexibility index (Phi) is 8.42. The van der Waals surface area contributed by atoms with Gasteiger partial charge in [-0.2, -0.15) is 0 Å². The van der Waals surface area contributed by atoms with Crippen molar-refractivity contribution in [2.75, 3.05) is 6.54 Å². The van der Waals surface area contributed by atoms with E-state index in [0.717, 1.165) is 12.8 Å². The fourth-order valence-electron chi connectivity index (χ4n) is 2.15. The predicted molar refractivity (Wildman–Crippen MR) is 79.7 cm³/mol. The lowest BCUT2D eigenvalue weighted by atomic mass is 10.1. The molecule has 0 aromatic rings. The standard InChI is InChI=1S/C14H27N3O4/c1-5-10(6-2)17(8-9(3)4)14(21)16-11(13(19)20)7-12(15)18/h9-11H,5-8H2,1-4H3,(H2,15,18)(H,16,21)(H,19,20)/t11-/m0/s1. The van der Waals surface area contributed by atoms with Gasteiger partial charge in [0, 0.05) is 12.6 Å². The van der Waals surface area contributed by atoms with Crippen molar-refractivity contribution in [1.82, 2.24) is 10.2 Å². The van der Waals surface area contributed by atoms with E-state index in [1.54, 1.807) is 4.90 Å². The fraction of sp³-hybridized carbons (Fsp3) is 0.786. The first kappa shape index (κ1) is 19.2. The van der Waals surface area contributed by atoms with E-state index in [0.29, 0.717) is 6.54 Å². The largest absolute Gasteiger partial charge is 0.480 e. The second-order valence-corrected chi connectivity index (χ2v) is 5.53. The van der Waals surface area contributed by atoms with Gasteiger partial charge in [-0.3, -0.25) is 4.79 Å². The Morgan fingerprint density at radius 3 is 2.05 bits per heavy atom. The van der Waals surface area contributed by atoms with Gasteiger partial charge in [0.25, 0.3) is 0 Å². The quantitative estimate of drug-likeness (QED) is 0.593. The number of carbonyl (C=O) groups is 3. The molecule has 0 heterocycles. The molecule has 7 heteroatoms. The molecule has 7 nitrogen and oxygen atoms in total. The molecular formula is C14H27N3O4. The van der Waals surface area contributed by atoms with Gasteiger partial charge in [0.05, 0.1) is 6.42 Å². The number of nitrogens with one attached hydrogen (secondary N) is 1. The van der Waals surface area contributed by atoms with Crippen molar-refractivity contribution < 1.29 is 19.5 Å². The second-order valence-electron chi connectivity index (χ2n) is 5.53. The molecule has 0 aromatic heterocycles. The summed E-state index contributed by atoms with van der Waals surface area (Å²) in [5.41, 5.74) is 5.01. The second kappa shape index (κ2) is 9.20. The van der Waals surface area contributed by atoms with Crippen molar-refractivity contribution in [2.24, 2.45) is 11.7 Å². The van der Waals surface area contributed by atoms with Gasteiger partial charge in [-0.05, 0) is 18.8 Å². The first-order valence-corrected chi connectivity index (χ1v) is 7.31. The molecule has 0 aromatic carbocycles. The van der Waals surface area contributed by atoms with Crippen LogP contribution in [0.2, 0.25) is 0 Å². The summed E-state index contributed by atoms with van der Waals surface area (Å²) in [4.78, 5) is 35.9. The Labute approximate surface area is 125 Å². The van der Waals surface area contributed by atoms with Gasteiger partial charge in [0.15, 0.2) is 0 Å². The molecule has 4 N–H and O–H groups in total. The maximum atomic E-state index is 12.3. The van der Waals surface area contributed by atoms with Crippen LogP contribution >= 0.6 is 0 Å². The summed E-state index contributed by atoms with van der Waals surface area (Å²) in [5, 5.41) is 11.4. The molecular weight excluding hydrogens is 274 g/mol.